The van der Waals surface area contributed by atoms with E-state index in [-0.39, 0.29) is 18.5 Å². The SMILES string of the molecule is CC(NCC(N)=O)C(=O)N1CCCC1. The monoisotopic (exact) mass is 199 g/mol. The second-order valence-corrected chi connectivity index (χ2v) is 3.60. The van der Waals surface area contributed by atoms with Crippen molar-refractivity contribution >= 4 is 11.8 Å². The summed E-state index contributed by atoms with van der Waals surface area (Å²) in [5.41, 5.74) is 4.97. The summed E-state index contributed by atoms with van der Waals surface area (Å²) in [6, 6.07) is -0.319. The van der Waals surface area contributed by atoms with Crippen molar-refractivity contribution in [3.8, 4) is 0 Å². The van der Waals surface area contributed by atoms with E-state index in [1.165, 1.54) is 0 Å². The van der Waals surface area contributed by atoms with Crippen LogP contribution in [0, 0.1) is 0 Å². The summed E-state index contributed by atoms with van der Waals surface area (Å²) in [5.74, 6) is -0.380. The van der Waals surface area contributed by atoms with Crippen LogP contribution in [-0.4, -0.2) is 42.4 Å². The number of nitrogens with two attached hydrogens (primary N) is 1. The molecule has 80 valence electrons. The third kappa shape index (κ3) is 2.99. The molecule has 1 heterocycles. The van der Waals surface area contributed by atoms with Gasteiger partial charge in [0.05, 0.1) is 12.6 Å². The van der Waals surface area contributed by atoms with Gasteiger partial charge in [-0.25, -0.2) is 0 Å². The molecule has 1 atom stereocenters. The van der Waals surface area contributed by atoms with Crippen molar-refractivity contribution in [3.63, 3.8) is 0 Å². The molecule has 14 heavy (non-hydrogen) atoms. The number of nitrogens with zero attached hydrogens (tertiary/aromatic N) is 1. The maximum atomic E-state index is 11.7. The molecule has 0 aliphatic carbocycles. The van der Waals surface area contributed by atoms with Crippen molar-refractivity contribution in [2.24, 2.45) is 5.73 Å². The second kappa shape index (κ2) is 4.95. The predicted octanol–water partition coefficient (Wildman–Crippen LogP) is -0.928. The van der Waals surface area contributed by atoms with Crippen LogP contribution in [0.1, 0.15) is 19.8 Å². The molecule has 0 radical (unpaired) electrons. The van der Waals surface area contributed by atoms with E-state index < -0.39 is 5.91 Å². The van der Waals surface area contributed by atoms with Crippen LogP contribution in [0.4, 0.5) is 0 Å². The number of primary amides is 1. The maximum absolute atomic E-state index is 11.7. The first-order valence-corrected chi connectivity index (χ1v) is 4.91. The van der Waals surface area contributed by atoms with Crippen LogP contribution in [0.2, 0.25) is 0 Å². The zero-order valence-corrected chi connectivity index (χ0v) is 8.45. The number of carbonyl (C=O) groups excluding carboxylic acids is 2. The van der Waals surface area contributed by atoms with Gasteiger partial charge < -0.3 is 10.6 Å². The molecule has 0 spiro atoms. The minimum Gasteiger partial charge on any atom is -0.369 e. The van der Waals surface area contributed by atoms with Gasteiger partial charge in [-0.15, -0.1) is 0 Å². The van der Waals surface area contributed by atoms with Crippen LogP contribution < -0.4 is 11.1 Å². The zero-order chi connectivity index (χ0) is 10.6. The highest BCUT2D eigenvalue weighted by Crippen LogP contribution is 2.08. The Morgan fingerprint density at radius 1 is 1.43 bits per heavy atom. The molecule has 1 fully saturated rings. The molecule has 0 aromatic carbocycles. The first-order valence-electron chi connectivity index (χ1n) is 4.91. The highest BCUT2D eigenvalue weighted by Gasteiger charge is 2.22. The molecule has 1 aliphatic rings. The molecule has 0 saturated carbocycles. The van der Waals surface area contributed by atoms with Crippen LogP contribution in [0.5, 0.6) is 0 Å². The third-order valence-corrected chi connectivity index (χ3v) is 2.37. The average Bonchev–Trinajstić information content (AvgIpc) is 2.65. The topological polar surface area (TPSA) is 75.4 Å². The summed E-state index contributed by atoms with van der Waals surface area (Å²) >= 11 is 0. The summed E-state index contributed by atoms with van der Waals surface area (Å²) in [4.78, 5) is 24.0. The lowest BCUT2D eigenvalue weighted by molar-refractivity contribution is -0.132. The first kappa shape index (κ1) is 11.0. The molecule has 0 aromatic rings. The van der Waals surface area contributed by atoms with Crippen LogP contribution in [0.15, 0.2) is 0 Å². The Bertz CT molecular complexity index is 224. The van der Waals surface area contributed by atoms with E-state index in [1.807, 2.05) is 4.90 Å². The highest BCUT2D eigenvalue weighted by molar-refractivity contribution is 5.83. The van der Waals surface area contributed by atoms with Gasteiger partial charge in [-0.1, -0.05) is 0 Å². The van der Waals surface area contributed by atoms with Crippen molar-refractivity contribution in [2.75, 3.05) is 19.6 Å². The smallest absolute Gasteiger partial charge is 0.239 e. The summed E-state index contributed by atoms with van der Waals surface area (Å²) < 4.78 is 0. The van der Waals surface area contributed by atoms with Gasteiger partial charge in [0.1, 0.15) is 0 Å². The van der Waals surface area contributed by atoms with E-state index in [4.69, 9.17) is 5.73 Å². The Morgan fingerprint density at radius 3 is 2.50 bits per heavy atom. The minimum atomic E-state index is -0.439. The summed E-state index contributed by atoms with van der Waals surface area (Å²) in [6.45, 7) is 3.48. The van der Waals surface area contributed by atoms with E-state index in [1.54, 1.807) is 6.92 Å². The van der Waals surface area contributed by atoms with Gasteiger partial charge in [-0.3, -0.25) is 14.9 Å². The number of carbonyl (C=O) groups is 2. The third-order valence-electron chi connectivity index (χ3n) is 2.37. The van der Waals surface area contributed by atoms with E-state index >= 15 is 0 Å². The van der Waals surface area contributed by atoms with Crippen molar-refractivity contribution in [3.05, 3.63) is 0 Å². The number of rotatable bonds is 4. The molecule has 1 aliphatic heterocycles. The van der Waals surface area contributed by atoms with Crippen molar-refractivity contribution in [2.45, 2.75) is 25.8 Å². The molecule has 0 bridgehead atoms. The Balaban J connectivity index is 2.31. The van der Waals surface area contributed by atoms with Crippen molar-refractivity contribution in [1.29, 1.82) is 0 Å². The van der Waals surface area contributed by atoms with Crippen molar-refractivity contribution in [1.82, 2.24) is 10.2 Å². The zero-order valence-electron chi connectivity index (χ0n) is 8.45. The molecular formula is C9H17N3O2. The maximum Gasteiger partial charge on any atom is 0.239 e. The number of likely N-dealkylation sites (tertiary alicyclic amines) is 1. The molecule has 5 heteroatoms. The van der Waals surface area contributed by atoms with Crippen LogP contribution >= 0.6 is 0 Å². The summed E-state index contributed by atoms with van der Waals surface area (Å²) in [7, 11) is 0. The summed E-state index contributed by atoms with van der Waals surface area (Å²) in [6.07, 6.45) is 2.16. The molecule has 0 aromatic heterocycles. The standard InChI is InChI=1S/C9H17N3O2/c1-7(11-6-8(10)13)9(14)12-4-2-3-5-12/h7,11H,2-6H2,1H3,(H2,10,13). The molecular weight excluding hydrogens is 182 g/mol. The van der Waals surface area contributed by atoms with Gasteiger partial charge in [0.25, 0.3) is 0 Å². The molecule has 1 rings (SSSR count). The van der Waals surface area contributed by atoms with Gasteiger partial charge in [-0.2, -0.15) is 0 Å². The Hall–Kier alpha value is -1.10. The van der Waals surface area contributed by atoms with E-state index in [9.17, 15) is 9.59 Å². The normalized spacial score (nSPS) is 18.2. The fourth-order valence-electron chi connectivity index (χ4n) is 1.55. The molecule has 3 N–H and O–H groups in total. The predicted molar refractivity (Wildman–Crippen MR) is 52.5 cm³/mol. The van der Waals surface area contributed by atoms with Gasteiger partial charge in [0, 0.05) is 13.1 Å². The summed E-state index contributed by atoms with van der Waals surface area (Å²) in [5, 5.41) is 2.79. The van der Waals surface area contributed by atoms with E-state index in [0.717, 1.165) is 25.9 Å². The Labute approximate surface area is 83.6 Å². The lowest BCUT2D eigenvalue weighted by Gasteiger charge is -2.20. The largest absolute Gasteiger partial charge is 0.369 e. The fraction of sp³-hybridized carbons (Fsp3) is 0.778. The number of hydrogen-bond acceptors (Lipinski definition) is 3. The first-order chi connectivity index (χ1) is 6.61. The highest BCUT2D eigenvalue weighted by atomic mass is 16.2. The molecule has 5 nitrogen and oxygen atoms in total. The quantitative estimate of drug-likeness (QED) is 0.614. The van der Waals surface area contributed by atoms with Gasteiger partial charge in [-0.05, 0) is 19.8 Å². The second-order valence-electron chi connectivity index (χ2n) is 3.60. The molecule has 1 saturated heterocycles. The average molecular weight is 199 g/mol. The van der Waals surface area contributed by atoms with Gasteiger partial charge in [0.2, 0.25) is 11.8 Å². The number of nitrogens with one attached hydrogen (secondary N) is 1. The minimum absolute atomic E-state index is 0.0563. The van der Waals surface area contributed by atoms with Gasteiger partial charge in [0.15, 0.2) is 0 Å². The molecule has 2 amide bonds. The van der Waals surface area contributed by atoms with E-state index in [0.29, 0.717) is 0 Å². The van der Waals surface area contributed by atoms with Crippen molar-refractivity contribution < 1.29 is 9.59 Å². The molecule has 1 unspecified atom stereocenters. The van der Waals surface area contributed by atoms with Crippen LogP contribution in [-0.2, 0) is 9.59 Å². The number of amides is 2. The van der Waals surface area contributed by atoms with E-state index in [2.05, 4.69) is 5.32 Å². The Kier molecular flexibility index (Phi) is 3.88. The van der Waals surface area contributed by atoms with Gasteiger partial charge >= 0.3 is 0 Å². The Morgan fingerprint density at radius 2 is 2.00 bits per heavy atom. The fourth-order valence-corrected chi connectivity index (χ4v) is 1.55. The lowest BCUT2D eigenvalue weighted by atomic mass is 10.3. The lowest BCUT2D eigenvalue weighted by Crippen LogP contribution is -2.46. The number of hydrogen-bond donors (Lipinski definition) is 2. The van der Waals surface area contributed by atoms with Crippen LogP contribution in [0.25, 0.3) is 0 Å². The van der Waals surface area contributed by atoms with Crippen LogP contribution in [0.3, 0.4) is 0 Å².